The van der Waals surface area contributed by atoms with Crippen molar-refractivity contribution in [3.8, 4) is 0 Å². The Morgan fingerprint density at radius 3 is 1.21 bits per heavy atom. The highest BCUT2D eigenvalue weighted by Crippen LogP contribution is 2.35. The summed E-state index contributed by atoms with van der Waals surface area (Å²) in [5.41, 5.74) is 8.21. The Labute approximate surface area is 644 Å². The molecule has 0 aliphatic heterocycles. The van der Waals surface area contributed by atoms with Gasteiger partial charge in [0.25, 0.3) is 0 Å². The molecule has 1 aromatic heterocycles. The van der Waals surface area contributed by atoms with Crippen molar-refractivity contribution >= 4 is 57.5 Å². The van der Waals surface area contributed by atoms with E-state index >= 15 is 0 Å². The average molecular weight is 1490 g/mol. The van der Waals surface area contributed by atoms with Crippen LogP contribution in [0.25, 0.3) is 11.0 Å². The fourth-order valence-electron chi connectivity index (χ4n) is 8.62. The van der Waals surface area contributed by atoms with Crippen molar-refractivity contribution in [1.29, 1.82) is 0 Å². The van der Waals surface area contributed by atoms with E-state index in [-0.39, 0.29) is 10.8 Å². The summed E-state index contributed by atoms with van der Waals surface area (Å²) >= 11 is 17.9. The molecular weight excluding hydrogens is 1350 g/mol. The van der Waals surface area contributed by atoms with Crippen LogP contribution in [-0.2, 0) is 26.0 Å². The molecule has 8 rings (SSSR count). The number of ketones is 1. The van der Waals surface area contributed by atoms with Gasteiger partial charge in [0.15, 0.2) is 5.78 Å². The van der Waals surface area contributed by atoms with Crippen LogP contribution in [-0.4, -0.2) is 42.1 Å². The first kappa shape index (κ1) is 108. The zero-order valence-corrected chi connectivity index (χ0v) is 72.0. The van der Waals surface area contributed by atoms with E-state index in [9.17, 15) is 23.5 Å². The van der Waals surface area contributed by atoms with Crippen molar-refractivity contribution in [1.82, 2.24) is 0 Å². The number of halogens is 5. The summed E-state index contributed by atoms with van der Waals surface area (Å²) in [6.07, 6.45) is 5.98. The van der Waals surface area contributed by atoms with Gasteiger partial charge in [0, 0.05) is 10.9 Å². The first-order valence-corrected chi connectivity index (χ1v) is 39.4. The van der Waals surface area contributed by atoms with Gasteiger partial charge < -0.3 is 19.4 Å². The number of alkyl halides is 3. The first-order valence-electron chi connectivity index (χ1n) is 38.3. The average Bonchev–Trinajstić information content (AvgIpc) is 1.06. The maximum atomic E-state index is 12.8. The summed E-state index contributed by atoms with van der Waals surface area (Å²) in [5.74, 6) is 0.534. The van der Waals surface area contributed by atoms with Gasteiger partial charge in [0.1, 0.15) is 12.2 Å². The number of carbonyl (C=O) groups is 2. The third kappa shape index (κ3) is 42.0. The Kier molecular flexibility index (Phi) is 67.3. The van der Waals surface area contributed by atoms with Crippen molar-refractivity contribution in [2.24, 2.45) is 0 Å². The van der Waals surface area contributed by atoms with Gasteiger partial charge >= 0.3 is 5.97 Å². The molecule has 2 N–H and O–H groups in total. The maximum absolute atomic E-state index is 12.8. The highest BCUT2D eigenvalue weighted by Gasteiger charge is 2.34. The van der Waals surface area contributed by atoms with Crippen LogP contribution in [0.3, 0.4) is 0 Å². The predicted molar refractivity (Wildman–Crippen MR) is 454 cm³/mol. The van der Waals surface area contributed by atoms with Crippen LogP contribution in [0.5, 0.6) is 0 Å². The Hall–Kier alpha value is -6.13. The molecule has 0 fully saturated rings. The van der Waals surface area contributed by atoms with E-state index in [4.69, 9.17) is 44.3 Å². The molecule has 6 unspecified atom stereocenters. The Bertz CT molecular complexity index is 3080. The van der Waals surface area contributed by atoms with Crippen LogP contribution in [0.1, 0.15) is 323 Å². The van der Waals surface area contributed by atoms with Crippen LogP contribution in [0, 0.1) is 0 Å². The number of aliphatic hydroxyl groups is 2. The van der Waals surface area contributed by atoms with Gasteiger partial charge in [-0.25, -0.2) is 13.6 Å². The van der Waals surface area contributed by atoms with Gasteiger partial charge in [0.05, 0.1) is 44.9 Å². The summed E-state index contributed by atoms with van der Waals surface area (Å²) in [5, 5.41) is 21.2. The standard InChI is InChI=1S/C14H18O4.C12H14O.C11H14F2.C11H16.C10H12Cl2.C10H13Cl.C10H14O.7C2H6/c1-4-9(2)10-5-11(13(16)8-15)7-12(6-10)14(17)18-3;1-3-9(2)11-5-4-10-6-7-13-12(10)8-11;1-3-11(2,10(12)13)9-7-5-4-6-8-9;1-4-11(2,3)10-8-6-5-7-9-10;1-3-7(2)8-4-5-9(11)10(12)6-8;2*1-3-10(2,11)9-7-5-4-6-8-9;7*1-2/h5-7,9,15H,4,8H2,1-3H3;4-9H,3H2,1-2H3;4-8,10H,3H2,1-2H3;5-9H,4H2,1-3H3;4-7H,3H2,1-2H3;4-8H,3H2,1-2H3;4-8,11H,3H2,1-2H3;7*1-2H3. The van der Waals surface area contributed by atoms with Crippen molar-refractivity contribution in [2.45, 2.75) is 291 Å². The fourth-order valence-corrected chi connectivity index (χ4v) is 9.05. The monoisotopic (exact) mass is 1490 g/mol. The summed E-state index contributed by atoms with van der Waals surface area (Å²) in [4.78, 5) is 22.9. The van der Waals surface area contributed by atoms with E-state index in [1.807, 2.05) is 210 Å². The van der Waals surface area contributed by atoms with E-state index in [2.05, 4.69) is 121 Å². The molecule has 6 atom stereocenters. The number of hydrogen-bond acceptors (Lipinski definition) is 6. The lowest BCUT2D eigenvalue weighted by Crippen LogP contribution is -2.29. The zero-order chi connectivity index (χ0) is 81.0. The second-order valence-corrected chi connectivity index (χ2v) is 25.3. The Morgan fingerprint density at radius 2 is 0.845 bits per heavy atom. The third-order valence-corrected chi connectivity index (χ3v) is 18.2. The van der Waals surface area contributed by atoms with Gasteiger partial charge in [0.2, 0.25) is 6.43 Å². The van der Waals surface area contributed by atoms with Gasteiger partial charge in [-0.05, 0) is 163 Å². The van der Waals surface area contributed by atoms with Crippen LogP contribution in [0.4, 0.5) is 8.78 Å². The van der Waals surface area contributed by atoms with Gasteiger partial charge in [-0.3, -0.25) is 4.79 Å². The summed E-state index contributed by atoms with van der Waals surface area (Å²) < 4.78 is 35.6. The van der Waals surface area contributed by atoms with E-state index in [1.54, 1.807) is 56.5 Å². The Balaban J connectivity index is -0.000000260. The molecule has 6 nitrogen and oxygen atoms in total. The van der Waals surface area contributed by atoms with E-state index in [0.29, 0.717) is 50.4 Å². The largest absolute Gasteiger partial charge is 0.465 e. The predicted octanol–water partition coefficient (Wildman–Crippen LogP) is 30.6. The first-order chi connectivity index (χ1) is 49.1. The lowest BCUT2D eigenvalue weighted by atomic mass is 9.80. The molecular formula is C92H143Cl3F2O6. The number of furan rings is 1. The summed E-state index contributed by atoms with van der Waals surface area (Å²) in [6.45, 7) is 58.4. The number of rotatable bonds is 18. The second kappa shape index (κ2) is 64.3. The third-order valence-electron chi connectivity index (χ3n) is 17.0. The van der Waals surface area contributed by atoms with Crippen molar-refractivity contribution in [3.63, 3.8) is 0 Å². The lowest BCUT2D eigenvalue weighted by Gasteiger charge is -2.27. The topological polar surface area (TPSA) is 97.0 Å². The molecule has 7 aromatic carbocycles. The normalized spacial score (nSPS) is 12.3. The molecule has 0 saturated carbocycles. The Morgan fingerprint density at radius 1 is 0.456 bits per heavy atom. The molecule has 103 heavy (non-hydrogen) atoms. The molecule has 0 aliphatic rings. The maximum Gasteiger partial charge on any atom is 0.337 e. The number of esters is 1. The molecule has 0 bridgehead atoms. The molecule has 0 spiro atoms. The summed E-state index contributed by atoms with van der Waals surface area (Å²) in [6, 6.07) is 58.7. The smallest absolute Gasteiger partial charge is 0.337 e. The number of carbonyl (C=O) groups excluding carboxylic acids is 2. The van der Waals surface area contributed by atoms with E-state index < -0.39 is 35.8 Å². The molecule has 11 heteroatoms. The second-order valence-electron chi connectivity index (χ2n) is 23.7. The molecule has 0 aliphatic carbocycles. The molecule has 0 amide bonds. The molecule has 8 aromatic rings. The minimum atomic E-state index is -2.31. The van der Waals surface area contributed by atoms with Gasteiger partial charge in [-0.15, -0.1) is 11.6 Å². The van der Waals surface area contributed by atoms with Crippen molar-refractivity contribution in [2.75, 3.05) is 13.7 Å². The number of methoxy groups -OCH3 is 1. The van der Waals surface area contributed by atoms with Gasteiger partial charge in [-0.1, -0.05) is 350 Å². The molecule has 1 heterocycles. The highest BCUT2D eigenvalue weighted by molar-refractivity contribution is 6.42. The molecule has 582 valence electrons. The van der Waals surface area contributed by atoms with E-state index in [1.165, 1.54) is 53.7 Å². The van der Waals surface area contributed by atoms with Crippen LogP contribution in [0.2, 0.25) is 10.0 Å². The fraction of sp³-hybridized carbons (Fsp3) is 0.500. The van der Waals surface area contributed by atoms with Crippen LogP contribution in [0.15, 0.2) is 193 Å². The van der Waals surface area contributed by atoms with Crippen LogP contribution >= 0.6 is 34.8 Å². The number of hydrogen-bond donors (Lipinski definition) is 2. The number of benzene rings is 7. The quantitative estimate of drug-likeness (QED) is 0.0505. The van der Waals surface area contributed by atoms with Crippen molar-refractivity contribution in [3.05, 3.63) is 248 Å². The number of aliphatic hydroxyl groups excluding tert-OH is 1. The van der Waals surface area contributed by atoms with Gasteiger partial charge in [-0.2, -0.15) is 0 Å². The molecule has 0 radical (unpaired) electrons. The minimum Gasteiger partial charge on any atom is -0.465 e. The number of Topliss-reactive ketones (excluding diaryl/α,β-unsaturated/α-hetero) is 1. The summed E-state index contributed by atoms with van der Waals surface area (Å²) in [7, 11) is 1.30. The number of fused-ring (bicyclic) bond motifs is 1. The van der Waals surface area contributed by atoms with Crippen molar-refractivity contribution < 1.29 is 37.7 Å². The minimum absolute atomic E-state index is 0.193. The number of ether oxygens (including phenoxy) is 1. The van der Waals surface area contributed by atoms with Crippen LogP contribution < -0.4 is 0 Å². The van der Waals surface area contributed by atoms with E-state index in [0.717, 1.165) is 42.4 Å². The molecule has 0 saturated heterocycles. The zero-order valence-electron chi connectivity index (χ0n) is 69.8. The SMILES string of the molecule is CC.CC.CC.CC.CC.CC.CC.CCC(C)(C)c1ccccc1.CCC(C)(Cl)c1ccccc1.CCC(C)(O)c1ccccc1.CCC(C)(c1ccccc1)C(F)F.CCC(C)c1cc(C(=O)CO)cc(C(=O)OC)c1.CCC(C)c1ccc(Cl)c(Cl)c1.CCC(C)c1ccc2ccoc2c1. The lowest BCUT2D eigenvalue weighted by molar-refractivity contribution is 0.0530. The highest BCUT2D eigenvalue weighted by atomic mass is 35.5.